The van der Waals surface area contributed by atoms with Crippen LogP contribution in [0.2, 0.25) is 23.7 Å². The molecule has 0 saturated carbocycles. The Morgan fingerprint density at radius 3 is 2.51 bits per heavy atom. The monoisotopic (exact) mass is 625 g/mol. The minimum Gasteiger partial charge on any atom is -0.432 e. The van der Waals surface area contributed by atoms with E-state index in [1.807, 2.05) is 50.3 Å². The van der Waals surface area contributed by atoms with Crippen LogP contribution in [0.25, 0.3) is 0 Å². The van der Waals surface area contributed by atoms with Crippen molar-refractivity contribution in [1.29, 1.82) is 0 Å². The molecule has 9 nitrogen and oxygen atoms in total. The summed E-state index contributed by atoms with van der Waals surface area (Å²) >= 11 is 6.50. The van der Waals surface area contributed by atoms with Gasteiger partial charge < -0.3 is 29.3 Å². The van der Waals surface area contributed by atoms with E-state index in [1.54, 1.807) is 26.8 Å². The van der Waals surface area contributed by atoms with Crippen molar-refractivity contribution in [2.24, 2.45) is 5.92 Å². The number of carbonyl (C=O) groups excluding carboxylic acids is 3. The molecule has 11 heteroatoms. The third kappa shape index (κ3) is 5.10. The van der Waals surface area contributed by atoms with Crippen LogP contribution in [-0.4, -0.2) is 72.7 Å². The minimum absolute atomic E-state index is 0.0319. The summed E-state index contributed by atoms with van der Waals surface area (Å²) in [6.07, 6.45) is 2.37. The molecule has 1 spiro atoms. The molecule has 4 aliphatic heterocycles. The van der Waals surface area contributed by atoms with Gasteiger partial charge in [0.1, 0.15) is 0 Å². The molecule has 0 radical (unpaired) electrons. The van der Waals surface area contributed by atoms with Crippen LogP contribution in [0.3, 0.4) is 0 Å². The molecule has 0 unspecified atom stereocenters. The van der Waals surface area contributed by atoms with Crippen molar-refractivity contribution in [3.05, 3.63) is 58.6 Å². The molecule has 2 aromatic carbocycles. The number of aliphatic hydroxyl groups is 1. The number of hydrogen-bond donors (Lipinski definition) is 2. The van der Waals surface area contributed by atoms with Crippen molar-refractivity contribution in [3.63, 3.8) is 0 Å². The fourth-order valence-electron chi connectivity index (χ4n) is 7.93. The van der Waals surface area contributed by atoms with Gasteiger partial charge in [-0.3, -0.25) is 14.4 Å². The van der Waals surface area contributed by atoms with Gasteiger partial charge in [-0.25, -0.2) is 0 Å². The van der Waals surface area contributed by atoms with E-state index < -0.39 is 25.9 Å². The highest BCUT2D eigenvalue weighted by Gasteiger charge is 2.66. The summed E-state index contributed by atoms with van der Waals surface area (Å²) in [6, 6.07) is 12.9. The predicted molar refractivity (Wildman–Crippen MR) is 166 cm³/mol. The van der Waals surface area contributed by atoms with E-state index in [4.69, 9.17) is 16.3 Å². The van der Waals surface area contributed by atoms with E-state index in [2.05, 4.69) is 0 Å². The Hall–Kier alpha value is -2.76. The van der Waals surface area contributed by atoms with Crippen LogP contribution in [0.15, 0.2) is 42.5 Å². The lowest BCUT2D eigenvalue weighted by Gasteiger charge is -2.32. The normalized spacial score (nSPS) is 28.9. The standard InChI is InChI=1S/C32H40ClN3O6Si/c1-20-30(43(2,3)41)27(17-29(39)35-14-4-6-24(35)19-37)42-32(20)25-16-22(33)10-13-26(25)36(31(32)40)18-21-8-11-23(12-9-21)34-15-5-7-28(34)38/h8-13,16,20,24,27,30,37,41H,4-7,14-15,17-19H2,1-3H3/t20-,24-,27+,30-,32+/m0/s1. The Morgan fingerprint density at radius 1 is 1.12 bits per heavy atom. The smallest absolute Gasteiger partial charge is 0.264 e. The molecule has 0 aliphatic carbocycles. The number of ether oxygens (including phenoxy) is 1. The number of carbonyl (C=O) groups is 3. The number of aliphatic hydroxyl groups excluding tert-OH is 1. The second kappa shape index (κ2) is 11.3. The van der Waals surface area contributed by atoms with E-state index in [0.717, 1.165) is 30.5 Å². The van der Waals surface area contributed by atoms with Gasteiger partial charge in [-0.2, -0.15) is 0 Å². The molecule has 2 aromatic rings. The fraction of sp³-hybridized carbons (Fsp3) is 0.531. The first kappa shape index (κ1) is 30.3. The van der Waals surface area contributed by atoms with Crippen LogP contribution in [0.4, 0.5) is 11.4 Å². The predicted octanol–water partition coefficient (Wildman–Crippen LogP) is 4.18. The Labute approximate surface area is 258 Å². The fourth-order valence-corrected chi connectivity index (χ4v) is 10.7. The van der Waals surface area contributed by atoms with Gasteiger partial charge in [0.2, 0.25) is 11.8 Å². The van der Waals surface area contributed by atoms with Gasteiger partial charge in [0, 0.05) is 47.2 Å². The molecule has 4 heterocycles. The van der Waals surface area contributed by atoms with Crippen molar-refractivity contribution < 1.29 is 29.0 Å². The second-order valence-electron chi connectivity index (χ2n) is 13.0. The zero-order valence-corrected chi connectivity index (χ0v) is 26.7. The average molecular weight is 626 g/mol. The maximum atomic E-state index is 14.6. The lowest BCUT2D eigenvalue weighted by Crippen LogP contribution is -2.46. The summed E-state index contributed by atoms with van der Waals surface area (Å²) in [5.41, 5.74) is 1.32. The lowest BCUT2D eigenvalue weighted by molar-refractivity contribution is -0.150. The van der Waals surface area contributed by atoms with Gasteiger partial charge in [-0.15, -0.1) is 0 Å². The van der Waals surface area contributed by atoms with Gasteiger partial charge in [0.25, 0.3) is 5.91 Å². The molecule has 0 bridgehead atoms. The Bertz CT molecular complexity index is 1430. The van der Waals surface area contributed by atoms with Crippen LogP contribution in [0.1, 0.15) is 50.2 Å². The highest BCUT2D eigenvalue weighted by molar-refractivity contribution is 6.71. The number of halogens is 1. The molecule has 4 aliphatic rings. The van der Waals surface area contributed by atoms with Crippen LogP contribution < -0.4 is 9.80 Å². The number of nitrogens with zero attached hydrogens (tertiary/aromatic N) is 3. The van der Waals surface area contributed by atoms with E-state index >= 15 is 0 Å². The van der Waals surface area contributed by atoms with Crippen molar-refractivity contribution in [2.45, 2.75) is 82.0 Å². The van der Waals surface area contributed by atoms with E-state index in [9.17, 15) is 24.3 Å². The quantitative estimate of drug-likeness (QED) is 0.447. The van der Waals surface area contributed by atoms with Crippen LogP contribution in [-0.2, 0) is 31.3 Å². The highest BCUT2D eigenvalue weighted by atomic mass is 35.5. The number of rotatable bonds is 7. The zero-order chi connectivity index (χ0) is 30.7. The maximum absolute atomic E-state index is 14.6. The first-order chi connectivity index (χ1) is 20.5. The Kier molecular flexibility index (Phi) is 7.96. The summed E-state index contributed by atoms with van der Waals surface area (Å²) in [6.45, 7) is 7.11. The largest absolute Gasteiger partial charge is 0.432 e. The molecule has 6 rings (SSSR count). The molecular formula is C32H40ClN3O6Si. The second-order valence-corrected chi connectivity index (χ2v) is 17.4. The molecule has 3 amide bonds. The number of amides is 3. The number of benzene rings is 2. The maximum Gasteiger partial charge on any atom is 0.264 e. The summed E-state index contributed by atoms with van der Waals surface area (Å²) in [4.78, 5) is 57.1. The molecule has 5 atom stereocenters. The molecule has 0 aromatic heterocycles. The number of hydrogen-bond acceptors (Lipinski definition) is 6. The summed E-state index contributed by atoms with van der Waals surface area (Å²) < 4.78 is 6.79. The third-order valence-electron chi connectivity index (χ3n) is 9.89. The molecule has 230 valence electrons. The van der Waals surface area contributed by atoms with Crippen LogP contribution in [0, 0.1) is 5.92 Å². The molecular weight excluding hydrogens is 586 g/mol. The van der Waals surface area contributed by atoms with Crippen molar-refractivity contribution in [3.8, 4) is 0 Å². The topological polar surface area (TPSA) is 111 Å². The van der Waals surface area contributed by atoms with Gasteiger partial charge in [-0.1, -0.05) is 30.7 Å². The van der Waals surface area contributed by atoms with Gasteiger partial charge in [-0.05, 0) is 68.3 Å². The zero-order valence-electron chi connectivity index (χ0n) is 25.0. The average Bonchev–Trinajstić information content (AvgIpc) is 3.72. The van der Waals surface area contributed by atoms with Gasteiger partial charge in [0.15, 0.2) is 13.9 Å². The van der Waals surface area contributed by atoms with Crippen LogP contribution in [0.5, 0.6) is 0 Å². The number of likely N-dealkylation sites (tertiary alicyclic amines) is 1. The van der Waals surface area contributed by atoms with E-state index in [1.165, 1.54) is 0 Å². The van der Waals surface area contributed by atoms with E-state index in [0.29, 0.717) is 42.3 Å². The van der Waals surface area contributed by atoms with Gasteiger partial charge in [0.05, 0.1) is 37.4 Å². The third-order valence-corrected chi connectivity index (χ3v) is 12.6. The number of anilines is 2. The highest BCUT2D eigenvalue weighted by Crippen LogP contribution is 2.60. The first-order valence-corrected chi connectivity index (χ1v) is 18.7. The van der Waals surface area contributed by atoms with E-state index in [-0.39, 0.29) is 42.3 Å². The minimum atomic E-state index is -2.94. The molecule has 43 heavy (non-hydrogen) atoms. The lowest BCUT2D eigenvalue weighted by atomic mass is 9.82. The van der Waals surface area contributed by atoms with Crippen LogP contribution >= 0.6 is 11.6 Å². The summed E-state index contributed by atoms with van der Waals surface area (Å²) in [5.74, 6) is -0.650. The molecule has 2 N–H and O–H groups in total. The van der Waals surface area contributed by atoms with Crippen molar-refractivity contribution in [2.75, 3.05) is 29.5 Å². The SMILES string of the molecule is C[C@H]1[C@H]([Si](C)(C)O)[C@@H](CC(=O)N2CCC[C@H]2CO)O[C@]12C(=O)N(Cc1ccc(N3CCCC3=O)cc1)c1ccc(Cl)cc12. The molecule has 3 fully saturated rings. The van der Waals surface area contributed by atoms with Gasteiger partial charge >= 0.3 is 0 Å². The Morgan fingerprint density at radius 2 is 1.86 bits per heavy atom. The summed E-state index contributed by atoms with van der Waals surface area (Å²) in [5, 5.41) is 10.3. The van der Waals surface area contributed by atoms with Crippen molar-refractivity contribution >= 4 is 49.0 Å². The summed E-state index contributed by atoms with van der Waals surface area (Å²) in [7, 11) is -2.94. The number of fused-ring (bicyclic) bond motifs is 2. The van der Waals surface area contributed by atoms with Crippen molar-refractivity contribution in [1.82, 2.24) is 4.90 Å². The first-order valence-electron chi connectivity index (χ1n) is 15.3. The molecule has 3 saturated heterocycles. The Balaban J connectivity index is 1.32.